The fraction of sp³-hybridized carbons (Fsp3) is 0.385. The molecule has 8 nitrogen and oxygen atoms in total. The Morgan fingerprint density at radius 1 is 1.09 bits per heavy atom. The molecule has 3 aromatic rings. The molecule has 2 aliphatic rings. The summed E-state index contributed by atoms with van der Waals surface area (Å²) in [5, 5.41) is 15.5. The van der Waals surface area contributed by atoms with E-state index in [1.807, 2.05) is 25.1 Å². The summed E-state index contributed by atoms with van der Waals surface area (Å²) in [5.41, 5.74) is 4.66. The lowest BCUT2D eigenvalue weighted by atomic mass is 9.73. The van der Waals surface area contributed by atoms with Crippen LogP contribution < -0.4 is 14.8 Å². The zero-order valence-corrected chi connectivity index (χ0v) is 20.0. The van der Waals surface area contributed by atoms with E-state index in [0.717, 1.165) is 28.8 Å². The number of ether oxygens (including phenoxy) is 2. The van der Waals surface area contributed by atoms with Crippen molar-refractivity contribution >= 4 is 11.7 Å². The van der Waals surface area contributed by atoms with Gasteiger partial charge in [0.1, 0.15) is 12.6 Å². The van der Waals surface area contributed by atoms with Gasteiger partial charge in [-0.05, 0) is 59.4 Å². The molecule has 1 aliphatic carbocycles. The van der Waals surface area contributed by atoms with Crippen LogP contribution in [0.15, 0.2) is 53.7 Å². The van der Waals surface area contributed by atoms with Crippen molar-refractivity contribution in [3.8, 4) is 11.5 Å². The van der Waals surface area contributed by atoms with Gasteiger partial charge in [0.25, 0.3) is 0 Å². The number of rotatable bonds is 6. The smallest absolute Gasteiger partial charge is 0.248 e. The van der Waals surface area contributed by atoms with Gasteiger partial charge in [0.15, 0.2) is 17.3 Å². The first-order valence-electron chi connectivity index (χ1n) is 11.6. The van der Waals surface area contributed by atoms with Crippen molar-refractivity contribution in [3.05, 3.63) is 70.4 Å². The summed E-state index contributed by atoms with van der Waals surface area (Å²) in [4.78, 5) is 13.3. The van der Waals surface area contributed by atoms with Gasteiger partial charge in [0.2, 0.25) is 5.95 Å². The second-order valence-electron chi connectivity index (χ2n) is 9.72. The maximum absolute atomic E-state index is 13.3. The molecule has 5 rings (SSSR count). The van der Waals surface area contributed by atoms with Crippen molar-refractivity contribution in [2.45, 2.75) is 53.2 Å². The highest BCUT2D eigenvalue weighted by atomic mass is 16.5. The third-order valence-corrected chi connectivity index (χ3v) is 6.29. The summed E-state index contributed by atoms with van der Waals surface area (Å²) in [6.07, 6.45) is 1.24. The van der Waals surface area contributed by atoms with E-state index in [1.165, 1.54) is 5.56 Å². The second kappa shape index (κ2) is 8.59. The molecule has 0 bridgehead atoms. The quantitative estimate of drug-likeness (QED) is 0.575. The maximum atomic E-state index is 13.3. The van der Waals surface area contributed by atoms with Crippen LogP contribution in [0.2, 0.25) is 0 Å². The number of carbonyl (C=O) groups is 1. The van der Waals surface area contributed by atoms with Crippen molar-refractivity contribution in [1.82, 2.24) is 20.2 Å². The molecule has 1 atom stereocenters. The van der Waals surface area contributed by atoms with Crippen LogP contribution in [0.5, 0.6) is 11.5 Å². The number of aryl methyl sites for hydroxylation is 1. The van der Waals surface area contributed by atoms with Crippen LogP contribution in [0.4, 0.5) is 5.95 Å². The average Bonchev–Trinajstić information content (AvgIpc) is 3.25. The second-order valence-corrected chi connectivity index (χ2v) is 9.72. The number of tetrazole rings is 1. The highest BCUT2D eigenvalue weighted by molar-refractivity contribution is 6.00. The number of nitrogens with zero attached hydrogens (tertiary/aromatic N) is 4. The molecule has 0 amide bonds. The zero-order valence-electron chi connectivity index (χ0n) is 20.0. The van der Waals surface area contributed by atoms with E-state index in [0.29, 0.717) is 37.1 Å². The zero-order chi connectivity index (χ0) is 23.9. The Labute approximate surface area is 199 Å². The molecule has 1 N–H and O–H groups in total. The van der Waals surface area contributed by atoms with E-state index in [2.05, 4.69) is 65.9 Å². The first-order chi connectivity index (χ1) is 16.3. The largest absolute Gasteiger partial charge is 0.490 e. The minimum absolute atomic E-state index is 0.113. The van der Waals surface area contributed by atoms with Crippen LogP contribution in [0, 0.1) is 12.3 Å². The minimum atomic E-state index is -0.421. The first kappa shape index (κ1) is 22.1. The Bertz CT molecular complexity index is 1260. The van der Waals surface area contributed by atoms with E-state index < -0.39 is 6.04 Å². The third kappa shape index (κ3) is 4.16. The van der Waals surface area contributed by atoms with E-state index in [4.69, 9.17) is 9.47 Å². The predicted octanol–water partition coefficient (Wildman–Crippen LogP) is 4.62. The van der Waals surface area contributed by atoms with Crippen molar-refractivity contribution in [3.63, 3.8) is 0 Å². The van der Waals surface area contributed by atoms with Crippen LogP contribution in [-0.4, -0.2) is 32.6 Å². The molecular formula is C26H29N5O3. The first-order valence-corrected chi connectivity index (χ1v) is 11.6. The summed E-state index contributed by atoms with van der Waals surface area (Å²) in [5.74, 6) is 1.93. The Balaban J connectivity index is 1.51. The van der Waals surface area contributed by atoms with E-state index in [1.54, 1.807) is 4.68 Å². The van der Waals surface area contributed by atoms with Crippen molar-refractivity contribution in [2.75, 3.05) is 11.9 Å². The molecule has 0 saturated carbocycles. The Hall–Kier alpha value is -3.68. The van der Waals surface area contributed by atoms with Gasteiger partial charge in [-0.15, -0.1) is 0 Å². The lowest BCUT2D eigenvalue weighted by Gasteiger charge is -2.37. The number of Topliss-reactive ketones (excluding diaryl/α,β-unsaturated/α-hetero) is 1. The highest BCUT2D eigenvalue weighted by Gasteiger charge is 2.42. The number of ketones is 1. The third-order valence-electron chi connectivity index (χ3n) is 6.29. The van der Waals surface area contributed by atoms with Gasteiger partial charge in [-0.2, -0.15) is 4.68 Å². The normalized spacial score (nSPS) is 18.7. The van der Waals surface area contributed by atoms with Crippen LogP contribution in [-0.2, 0) is 11.4 Å². The molecule has 0 radical (unpaired) electrons. The lowest BCUT2D eigenvalue weighted by molar-refractivity contribution is -0.118. The van der Waals surface area contributed by atoms with Crippen LogP contribution >= 0.6 is 0 Å². The van der Waals surface area contributed by atoms with Crippen molar-refractivity contribution < 1.29 is 14.3 Å². The number of fused-ring (bicyclic) bond motifs is 1. The molecule has 0 spiro atoms. The maximum Gasteiger partial charge on any atom is 0.248 e. The number of benzene rings is 2. The number of carbonyl (C=O) groups excluding carboxylic acids is 1. The van der Waals surface area contributed by atoms with Crippen LogP contribution in [0.3, 0.4) is 0 Å². The molecule has 1 aromatic heterocycles. The molecule has 34 heavy (non-hydrogen) atoms. The van der Waals surface area contributed by atoms with Crippen molar-refractivity contribution in [1.29, 1.82) is 0 Å². The number of aromatic nitrogens is 4. The van der Waals surface area contributed by atoms with Gasteiger partial charge < -0.3 is 14.8 Å². The Morgan fingerprint density at radius 3 is 2.65 bits per heavy atom. The summed E-state index contributed by atoms with van der Waals surface area (Å²) < 4.78 is 13.7. The summed E-state index contributed by atoms with van der Waals surface area (Å²) >= 11 is 0. The Kier molecular flexibility index (Phi) is 5.59. The van der Waals surface area contributed by atoms with Gasteiger partial charge in [-0.1, -0.05) is 54.8 Å². The van der Waals surface area contributed by atoms with E-state index in [9.17, 15) is 4.79 Å². The number of allylic oxidation sites excluding steroid dienone is 2. The topological polar surface area (TPSA) is 91.2 Å². The fourth-order valence-electron chi connectivity index (χ4n) is 4.71. The number of anilines is 1. The summed E-state index contributed by atoms with van der Waals surface area (Å²) in [6.45, 7) is 9.15. The summed E-state index contributed by atoms with van der Waals surface area (Å²) in [7, 11) is 0. The van der Waals surface area contributed by atoms with Gasteiger partial charge in [0.05, 0.1) is 6.61 Å². The van der Waals surface area contributed by atoms with Gasteiger partial charge in [-0.25, -0.2) is 0 Å². The van der Waals surface area contributed by atoms with Crippen LogP contribution in [0.25, 0.3) is 0 Å². The summed E-state index contributed by atoms with van der Waals surface area (Å²) in [6, 6.07) is 13.6. The Morgan fingerprint density at radius 2 is 1.88 bits per heavy atom. The van der Waals surface area contributed by atoms with Gasteiger partial charge >= 0.3 is 0 Å². The van der Waals surface area contributed by atoms with Gasteiger partial charge in [0, 0.05) is 17.7 Å². The molecule has 0 fully saturated rings. The molecular weight excluding hydrogens is 430 g/mol. The van der Waals surface area contributed by atoms with Crippen LogP contribution in [0.1, 0.15) is 56.3 Å². The average molecular weight is 460 g/mol. The molecule has 2 aromatic carbocycles. The fourth-order valence-corrected chi connectivity index (χ4v) is 4.71. The molecule has 8 heteroatoms. The molecule has 2 heterocycles. The highest BCUT2D eigenvalue weighted by Crippen LogP contribution is 2.46. The van der Waals surface area contributed by atoms with Gasteiger partial charge in [-0.3, -0.25) is 4.79 Å². The molecule has 0 saturated heterocycles. The monoisotopic (exact) mass is 459 g/mol. The molecule has 1 aliphatic heterocycles. The lowest BCUT2D eigenvalue weighted by Crippen LogP contribution is -2.36. The number of hydrogen-bond donors (Lipinski definition) is 1. The number of nitrogens with one attached hydrogen (secondary N) is 1. The SMILES string of the molecule is CCOc1cc(C2C3=C(CC(C)(C)CC3=O)Nc3nnnn32)ccc1OCc1ccc(C)cc1. The van der Waals surface area contributed by atoms with E-state index in [-0.39, 0.29) is 11.2 Å². The minimum Gasteiger partial charge on any atom is -0.490 e. The molecule has 1 unspecified atom stereocenters. The van der Waals surface area contributed by atoms with Crippen molar-refractivity contribution in [2.24, 2.45) is 5.41 Å². The van der Waals surface area contributed by atoms with E-state index >= 15 is 0 Å². The standard InChI is InChI=1S/C26H29N5O3/c1-5-33-22-12-18(10-11-21(22)34-15-17-8-6-16(2)7-9-17)24-23-19(13-26(3,4)14-20(23)32)27-25-28-29-30-31(24)25/h6-12,24H,5,13-15H2,1-4H3,(H,27,28,30). The predicted molar refractivity (Wildman–Crippen MR) is 128 cm³/mol. The molecule has 176 valence electrons. The number of hydrogen-bond acceptors (Lipinski definition) is 7.